The molecule has 3 N–H and O–H groups in total. The number of carbonyl (C=O) groups is 2. The van der Waals surface area contributed by atoms with E-state index in [0.29, 0.717) is 11.4 Å². The summed E-state index contributed by atoms with van der Waals surface area (Å²) in [6, 6.07) is 14.0. The summed E-state index contributed by atoms with van der Waals surface area (Å²) in [7, 11) is 0. The number of nitrogens with zero attached hydrogens (tertiary/aromatic N) is 1. The fourth-order valence-corrected chi connectivity index (χ4v) is 2.95. The van der Waals surface area contributed by atoms with Gasteiger partial charge in [0.2, 0.25) is 5.91 Å². The van der Waals surface area contributed by atoms with Crippen LogP contribution in [0, 0.1) is 5.92 Å². The van der Waals surface area contributed by atoms with E-state index in [2.05, 4.69) is 15.3 Å². The molecular formula is C20H21N3O3. The highest BCUT2D eigenvalue weighted by Gasteiger charge is 2.22. The van der Waals surface area contributed by atoms with Crippen LogP contribution < -0.4 is 5.32 Å². The Morgan fingerprint density at radius 1 is 1.12 bits per heavy atom. The lowest BCUT2D eigenvalue weighted by atomic mass is 10.0. The van der Waals surface area contributed by atoms with Gasteiger partial charge in [0, 0.05) is 0 Å². The van der Waals surface area contributed by atoms with Gasteiger partial charge in [-0.3, -0.25) is 4.79 Å². The van der Waals surface area contributed by atoms with Crippen molar-refractivity contribution in [3.05, 3.63) is 65.5 Å². The molecule has 1 amide bonds. The molecule has 1 aromatic heterocycles. The van der Waals surface area contributed by atoms with Gasteiger partial charge in [-0.05, 0) is 29.7 Å². The smallest absolute Gasteiger partial charge is 0.335 e. The predicted octanol–water partition coefficient (Wildman–Crippen LogP) is 3.32. The Morgan fingerprint density at radius 3 is 2.50 bits per heavy atom. The Kier molecular flexibility index (Phi) is 5.02. The van der Waals surface area contributed by atoms with E-state index in [0.717, 1.165) is 11.0 Å². The number of carboxylic acid groups (broad SMARTS) is 1. The van der Waals surface area contributed by atoms with E-state index in [1.165, 1.54) is 6.07 Å². The number of rotatable bonds is 6. The Bertz CT molecular complexity index is 913. The summed E-state index contributed by atoms with van der Waals surface area (Å²) < 4.78 is 0. The highest BCUT2D eigenvalue weighted by atomic mass is 16.4. The van der Waals surface area contributed by atoms with Crippen molar-refractivity contribution in [3.63, 3.8) is 0 Å². The second kappa shape index (κ2) is 7.39. The van der Waals surface area contributed by atoms with Gasteiger partial charge < -0.3 is 15.4 Å². The standard InChI is InChI=1S/C20H21N3O3/c1-12(2)18(19-21-15-9-5-6-10-16(15)22-19)23-17(24)11-13-7-3-4-8-14(13)20(25)26/h3-10,12,18H,11H2,1-2H3,(H,21,22)(H,23,24)(H,25,26). The van der Waals surface area contributed by atoms with Gasteiger partial charge in [-0.15, -0.1) is 0 Å². The van der Waals surface area contributed by atoms with E-state index >= 15 is 0 Å². The number of hydrogen-bond donors (Lipinski definition) is 3. The zero-order chi connectivity index (χ0) is 18.7. The molecule has 1 atom stereocenters. The molecule has 0 saturated carbocycles. The Labute approximate surface area is 151 Å². The average molecular weight is 351 g/mol. The molecule has 3 rings (SSSR count). The molecule has 6 heteroatoms. The first-order valence-electron chi connectivity index (χ1n) is 8.51. The molecule has 0 aliphatic carbocycles. The van der Waals surface area contributed by atoms with Gasteiger partial charge in [-0.2, -0.15) is 0 Å². The van der Waals surface area contributed by atoms with Gasteiger partial charge in [0.25, 0.3) is 0 Å². The van der Waals surface area contributed by atoms with Crippen LogP contribution in [0.3, 0.4) is 0 Å². The number of para-hydroxylation sites is 2. The molecule has 134 valence electrons. The molecule has 26 heavy (non-hydrogen) atoms. The SMILES string of the molecule is CC(C)C(NC(=O)Cc1ccccc1C(=O)O)c1nc2ccccc2[nH]1. The van der Waals surface area contributed by atoms with Crippen molar-refractivity contribution in [2.24, 2.45) is 5.92 Å². The number of H-pyrrole nitrogens is 1. The monoisotopic (exact) mass is 351 g/mol. The van der Waals surface area contributed by atoms with Crippen LogP contribution in [0.1, 0.15) is 41.6 Å². The molecule has 0 bridgehead atoms. The molecule has 0 saturated heterocycles. The second-order valence-corrected chi connectivity index (χ2v) is 6.57. The van der Waals surface area contributed by atoms with Gasteiger partial charge in [-0.1, -0.05) is 44.2 Å². The number of benzene rings is 2. The van der Waals surface area contributed by atoms with Crippen molar-refractivity contribution < 1.29 is 14.7 Å². The van der Waals surface area contributed by atoms with Crippen molar-refractivity contribution >= 4 is 22.9 Å². The van der Waals surface area contributed by atoms with Gasteiger partial charge in [0.05, 0.1) is 29.1 Å². The summed E-state index contributed by atoms with van der Waals surface area (Å²) in [5.74, 6) is -0.459. The van der Waals surface area contributed by atoms with E-state index in [4.69, 9.17) is 0 Å². The van der Waals surface area contributed by atoms with E-state index in [-0.39, 0.29) is 29.9 Å². The maximum Gasteiger partial charge on any atom is 0.335 e. The van der Waals surface area contributed by atoms with Crippen molar-refractivity contribution in [1.82, 2.24) is 15.3 Å². The number of aromatic nitrogens is 2. The number of aromatic carboxylic acids is 1. The molecule has 6 nitrogen and oxygen atoms in total. The lowest BCUT2D eigenvalue weighted by Crippen LogP contribution is -2.33. The van der Waals surface area contributed by atoms with Crippen molar-refractivity contribution in [3.8, 4) is 0 Å². The van der Waals surface area contributed by atoms with Crippen LogP contribution in [0.5, 0.6) is 0 Å². The number of amides is 1. The first-order chi connectivity index (χ1) is 12.5. The highest BCUT2D eigenvalue weighted by molar-refractivity contribution is 5.91. The van der Waals surface area contributed by atoms with Crippen molar-refractivity contribution in [2.45, 2.75) is 26.3 Å². The molecule has 3 aromatic rings. The van der Waals surface area contributed by atoms with Gasteiger partial charge in [-0.25, -0.2) is 9.78 Å². The summed E-state index contributed by atoms with van der Waals surface area (Å²) >= 11 is 0. The van der Waals surface area contributed by atoms with Crippen molar-refractivity contribution in [1.29, 1.82) is 0 Å². The lowest BCUT2D eigenvalue weighted by Gasteiger charge is -2.20. The summed E-state index contributed by atoms with van der Waals surface area (Å²) in [5, 5.41) is 12.2. The summed E-state index contributed by atoms with van der Waals surface area (Å²) in [6.07, 6.45) is 0.00587. The third-order valence-corrected chi connectivity index (χ3v) is 4.28. The van der Waals surface area contributed by atoms with Crippen LogP contribution in [0.4, 0.5) is 0 Å². The molecule has 2 aromatic carbocycles. The quantitative estimate of drug-likeness (QED) is 0.635. The molecule has 0 aliphatic heterocycles. The number of hydrogen-bond acceptors (Lipinski definition) is 3. The fraction of sp³-hybridized carbons (Fsp3) is 0.250. The van der Waals surface area contributed by atoms with Crippen LogP contribution >= 0.6 is 0 Å². The third kappa shape index (κ3) is 3.74. The molecular weight excluding hydrogens is 330 g/mol. The number of aromatic amines is 1. The van der Waals surface area contributed by atoms with Gasteiger partial charge in [0.1, 0.15) is 5.82 Å². The number of fused-ring (bicyclic) bond motifs is 1. The van der Waals surface area contributed by atoms with Crippen LogP contribution in [-0.2, 0) is 11.2 Å². The van der Waals surface area contributed by atoms with E-state index < -0.39 is 5.97 Å². The Balaban J connectivity index is 1.80. The highest BCUT2D eigenvalue weighted by Crippen LogP contribution is 2.22. The van der Waals surface area contributed by atoms with Crippen LogP contribution in [0.2, 0.25) is 0 Å². The molecule has 0 fully saturated rings. The molecule has 0 spiro atoms. The first kappa shape index (κ1) is 17.7. The van der Waals surface area contributed by atoms with Gasteiger partial charge >= 0.3 is 5.97 Å². The predicted molar refractivity (Wildman–Crippen MR) is 98.9 cm³/mol. The zero-order valence-electron chi connectivity index (χ0n) is 14.7. The minimum atomic E-state index is -1.04. The second-order valence-electron chi connectivity index (χ2n) is 6.57. The van der Waals surface area contributed by atoms with E-state index in [1.807, 2.05) is 38.1 Å². The number of imidazole rings is 1. The summed E-state index contributed by atoms with van der Waals surface area (Å²) in [5.41, 5.74) is 2.40. The normalized spacial score (nSPS) is 12.3. The Hall–Kier alpha value is -3.15. The molecule has 1 heterocycles. The lowest BCUT2D eigenvalue weighted by molar-refractivity contribution is -0.121. The topological polar surface area (TPSA) is 95.1 Å². The largest absolute Gasteiger partial charge is 0.478 e. The maximum absolute atomic E-state index is 12.5. The fourth-order valence-electron chi connectivity index (χ4n) is 2.95. The zero-order valence-corrected chi connectivity index (χ0v) is 14.7. The average Bonchev–Trinajstić information content (AvgIpc) is 3.03. The van der Waals surface area contributed by atoms with Crippen LogP contribution in [-0.4, -0.2) is 27.0 Å². The molecule has 1 unspecified atom stereocenters. The van der Waals surface area contributed by atoms with Crippen LogP contribution in [0.25, 0.3) is 11.0 Å². The van der Waals surface area contributed by atoms with Gasteiger partial charge in [0.15, 0.2) is 0 Å². The van der Waals surface area contributed by atoms with Crippen LogP contribution in [0.15, 0.2) is 48.5 Å². The summed E-state index contributed by atoms with van der Waals surface area (Å²) in [6.45, 7) is 4.01. The van der Waals surface area contributed by atoms with Crippen molar-refractivity contribution in [2.75, 3.05) is 0 Å². The number of carboxylic acids is 1. The molecule has 0 aliphatic rings. The first-order valence-corrected chi connectivity index (χ1v) is 8.51. The summed E-state index contributed by atoms with van der Waals surface area (Å²) in [4.78, 5) is 31.7. The molecule has 0 radical (unpaired) electrons. The Morgan fingerprint density at radius 2 is 1.81 bits per heavy atom. The number of carbonyl (C=O) groups excluding carboxylic acids is 1. The maximum atomic E-state index is 12.5. The number of nitrogens with one attached hydrogen (secondary N) is 2. The minimum absolute atomic E-state index is 0.00587. The van der Waals surface area contributed by atoms with E-state index in [9.17, 15) is 14.7 Å². The minimum Gasteiger partial charge on any atom is -0.478 e. The third-order valence-electron chi connectivity index (χ3n) is 4.28. The van der Waals surface area contributed by atoms with E-state index in [1.54, 1.807) is 18.2 Å².